The molecule has 0 unspecified atom stereocenters. The summed E-state index contributed by atoms with van der Waals surface area (Å²) in [5.41, 5.74) is 2.10. The first-order chi connectivity index (χ1) is 12.7. The molecule has 26 heavy (non-hydrogen) atoms. The zero-order chi connectivity index (χ0) is 18.4. The zero-order valence-corrected chi connectivity index (χ0v) is 16.7. The number of benzene rings is 1. The van der Waals surface area contributed by atoms with Crippen LogP contribution in [0.15, 0.2) is 34.6 Å². The Labute approximate surface area is 163 Å². The molecule has 0 amide bonds. The van der Waals surface area contributed by atoms with E-state index in [2.05, 4.69) is 14.8 Å². The number of aliphatic hydroxyl groups excluding tert-OH is 1. The van der Waals surface area contributed by atoms with Crippen LogP contribution in [0.4, 0.5) is 5.69 Å². The van der Waals surface area contributed by atoms with Crippen molar-refractivity contribution in [3.63, 3.8) is 0 Å². The van der Waals surface area contributed by atoms with E-state index in [4.69, 9.17) is 21.3 Å². The first-order valence-electron chi connectivity index (χ1n) is 9.02. The number of nitrogens with zero attached hydrogens (tertiary/aromatic N) is 3. The number of rotatable bonds is 10. The third-order valence-corrected chi connectivity index (χ3v) is 5.60. The van der Waals surface area contributed by atoms with E-state index in [1.807, 2.05) is 24.3 Å². The Bertz CT molecular complexity index is 770. The standard InChI is InChI=1S/C19H26ClN3O2S/c1-25-11-3-8-23-18(13-22(9-10-24)17-6-7-17)14-26-19(23)21-16-5-2-4-15(20)12-16/h2,4-5,12,14,17,24H,3,6-11,13H2,1H3. The molecule has 1 aliphatic rings. The summed E-state index contributed by atoms with van der Waals surface area (Å²) in [6.07, 6.45) is 3.40. The van der Waals surface area contributed by atoms with Crippen LogP contribution in [0.3, 0.4) is 0 Å². The average Bonchev–Trinajstić information content (AvgIpc) is 3.40. The topological polar surface area (TPSA) is 50.0 Å². The highest BCUT2D eigenvalue weighted by molar-refractivity contribution is 7.07. The quantitative estimate of drug-likeness (QED) is 0.627. The summed E-state index contributed by atoms with van der Waals surface area (Å²) in [5, 5.41) is 12.2. The fourth-order valence-corrected chi connectivity index (χ4v) is 4.13. The van der Waals surface area contributed by atoms with Crippen LogP contribution in [-0.4, -0.2) is 47.5 Å². The molecular formula is C19H26ClN3O2S. The number of ether oxygens (including phenoxy) is 1. The number of aliphatic hydroxyl groups is 1. The third kappa shape index (κ3) is 5.41. The fraction of sp³-hybridized carbons (Fsp3) is 0.526. The average molecular weight is 396 g/mol. The van der Waals surface area contributed by atoms with Crippen molar-refractivity contribution in [1.82, 2.24) is 9.47 Å². The summed E-state index contributed by atoms with van der Waals surface area (Å²) in [6.45, 7) is 3.36. The van der Waals surface area contributed by atoms with Crippen molar-refractivity contribution in [2.45, 2.75) is 38.4 Å². The second kappa shape index (κ2) is 9.67. The van der Waals surface area contributed by atoms with E-state index in [1.165, 1.54) is 18.5 Å². The summed E-state index contributed by atoms with van der Waals surface area (Å²) >= 11 is 7.74. The number of aromatic nitrogens is 1. The Balaban J connectivity index is 1.87. The van der Waals surface area contributed by atoms with Crippen LogP contribution in [0, 0.1) is 0 Å². The molecule has 2 aromatic rings. The molecule has 0 spiro atoms. The van der Waals surface area contributed by atoms with Gasteiger partial charge in [-0.3, -0.25) is 4.90 Å². The van der Waals surface area contributed by atoms with E-state index in [0.717, 1.165) is 43.2 Å². The molecule has 3 rings (SSSR count). The number of hydrogen-bond donors (Lipinski definition) is 1. The van der Waals surface area contributed by atoms with Crippen LogP contribution >= 0.6 is 22.9 Å². The van der Waals surface area contributed by atoms with Crippen molar-refractivity contribution in [3.8, 4) is 0 Å². The molecule has 1 saturated carbocycles. The summed E-state index contributed by atoms with van der Waals surface area (Å²) < 4.78 is 7.50. The lowest BCUT2D eigenvalue weighted by atomic mass is 10.3. The molecule has 1 aromatic heterocycles. The Morgan fingerprint density at radius 1 is 1.42 bits per heavy atom. The van der Waals surface area contributed by atoms with Gasteiger partial charge in [-0.2, -0.15) is 0 Å². The number of halogens is 1. The normalized spacial score (nSPS) is 15.2. The van der Waals surface area contributed by atoms with Gasteiger partial charge in [0.15, 0.2) is 4.80 Å². The number of hydrogen-bond acceptors (Lipinski definition) is 5. The van der Waals surface area contributed by atoms with Crippen LogP contribution in [0.5, 0.6) is 0 Å². The number of methoxy groups -OCH3 is 1. The van der Waals surface area contributed by atoms with Crippen molar-refractivity contribution in [2.75, 3.05) is 26.9 Å². The molecule has 0 aliphatic heterocycles. The maximum atomic E-state index is 9.37. The lowest BCUT2D eigenvalue weighted by molar-refractivity contribution is 0.177. The van der Waals surface area contributed by atoms with Gasteiger partial charge in [0.05, 0.1) is 12.3 Å². The molecule has 1 aliphatic carbocycles. The highest BCUT2D eigenvalue weighted by Gasteiger charge is 2.29. The lowest BCUT2D eigenvalue weighted by Crippen LogP contribution is -2.31. The van der Waals surface area contributed by atoms with Gasteiger partial charge in [0.25, 0.3) is 0 Å². The maximum absolute atomic E-state index is 9.37. The van der Waals surface area contributed by atoms with Crippen LogP contribution in [0.2, 0.25) is 5.02 Å². The molecule has 5 nitrogen and oxygen atoms in total. The molecule has 142 valence electrons. The number of thiazole rings is 1. The van der Waals surface area contributed by atoms with Crippen molar-refractivity contribution < 1.29 is 9.84 Å². The first-order valence-corrected chi connectivity index (χ1v) is 10.3. The highest BCUT2D eigenvalue weighted by Crippen LogP contribution is 2.28. The van der Waals surface area contributed by atoms with E-state index in [1.54, 1.807) is 18.4 Å². The van der Waals surface area contributed by atoms with Gasteiger partial charge in [0.2, 0.25) is 0 Å². The maximum Gasteiger partial charge on any atom is 0.190 e. The summed E-state index contributed by atoms with van der Waals surface area (Å²) in [7, 11) is 1.73. The summed E-state index contributed by atoms with van der Waals surface area (Å²) in [5.74, 6) is 0. The predicted molar refractivity (Wildman–Crippen MR) is 106 cm³/mol. The van der Waals surface area contributed by atoms with Gasteiger partial charge in [-0.15, -0.1) is 11.3 Å². The van der Waals surface area contributed by atoms with Gasteiger partial charge in [-0.05, 0) is 37.5 Å². The van der Waals surface area contributed by atoms with E-state index >= 15 is 0 Å². The van der Waals surface area contributed by atoms with Gasteiger partial charge in [-0.1, -0.05) is 17.7 Å². The van der Waals surface area contributed by atoms with Gasteiger partial charge < -0.3 is 14.4 Å². The largest absolute Gasteiger partial charge is 0.395 e. The van der Waals surface area contributed by atoms with Crippen LogP contribution in [-0.2, 0) is 17.8 Å². The van der Waals surface area contributed by atoms with E-state index in [0.29, 0.717) is 11.1 Å². The second-order valence-electron chi connectivity index (χ2n) is 6.52. The molecule has 1 aromatic carbocycles. The van der Waals surface area contributed by atoms with Gasteiger partial charge in [0, 0.05) is 55.5 Å². The van der Waals surface area contributed by atoms with Crippen molar-refractivity contribution in [3.05, 3.63) is 45.2 Å². The molecule has 1 N–H and O–H groups in total. The van der Waals surface area contributed by atoms with E-state index in [-0.39, 0.29) is 6.61 Å². The lowest BCUT2D eigenvalue weighted by Gasteiger charge is -2.21. The summed E-state index contributed by atoms with van der Waals surface area (Å²) in [4.78, 5) is 8.15. The molecule has 0 atom stereocenters. The molecule has 1 heterocycles. The van der Waals surface area contributed by atoms with E-state index in [9.17, 15) is 5.11 Å². The first kappa shape index (κ1) is 19.6. The van der Waals surface area contributed by atoms with E-state index < -0.39 is 0 Å². The summed E-state index contributed by atoms with van der Waals surface area (Å²) in [6, 6.07) is 8.23. The zero-order valence-electron chi connectivity index (χ0n) is 15.1. The molecule has 0 saturated heterocycles. The van der Waals surface area contributed by atoms with Crippen molar-refractivity contribution >= 4 is 28.6 Å². The Hall–Kier alpha value is -1.18. The Kier molecular flexibility index (Phi) is 7.28. The van der Waals surface area contributed by atoms with Gasteiger partial charge in [0.1, 0.15) is 0 Å². The Morgan fingerprint density at radius 2 is 2.27 bits per heavy atom. The smallest absolute Gasteiger partial charge is 0.190 e. The van der Waals surface area contributed by atoms with Crippen LogP contribution in [0.25, 0.3) is 0 Å². The van der Waals surface area contributed by atoms with Crippen molar-refractivity contribution in [1.29, 1.82) is 0 Å². The predicted octanol–water partition coefficient (Wildman–Crippen LogP) is 3.43. The second-order valence-corrected chi connectivity index (χ2v) is 7.80. The SMILES string of the molecule is COCCCn1c(CN(CCO)C2CC2)csc1=Nc1cccc(Cl)c1. The highest BCUT2D eigenvalue weighted by atomic mass is 35.5. The minimum Gasteiger partial charge on any atom is -0.395 e. The van der Waals surface area contributed by atoms with Crippen molar-refractivity contribution in [2.24, 2.45) is 4.99 Å². The molecule has 7 heteroatoms. The monoisotopic (exact) mass is 395 g/mol. The molecular weight excluding hydrogens is 370 g/mol. The van der Waals surface area contributed by atoms with Crippen LogP contribution in [0.1, 0.15) is 25.0 Å². The third-order valence-electron chi connectivity index (χ3n) is 4.46. The minimum absolute atomic E-state index is 0.198. The fourth-order valence-electron chi connectivity index (χ4n) is 3.01. The molecule has 1 fully saturated rings. The van der Waals surface area contributed by atoms with Gasteiger partial charge >= 0.3 is 0 Å². The molecule has 0 radical (unpaired) electrons. The minimum atomic E-state index is 0.198. The Morgan fingerprint density at radius 3 is 2.96 bits per heavy atom. The molecule has 0 bridgehead atoms. The van der Waals surface area contributed by atoms with Gasteiger partial charge in [-0.25, -0.2) is 4.99 Å². The van der Waals surface area contributed by atoms with Crippen LogP contribution < -0.4 is 4.80 Å².